The van der Waals surface area contributed by atoms with E-state index in [9.17, 15) is 24.9 Å². The van der Waals surface area contributed by atoms with E-state index in [4.69, 9.17) is 23.7 Å². The first-order valence-corrected chi connectivity index (χ1v) is 17.5. The van der Waals surface area contributed by atoms with Crippen LogP contribution in [0.4, 0.5) is 0 Å². The Bertz CT molecular complexity index is 1370. The fraction of sp³-hybridized carbons (Fsp3) is 0.730. The Morgan fingerprint density at radius 2 is 1.72 bits per heavy atom. The first kappa shape index (κ1) is 34.7. The minimum absolute atomic E-state index is 0.252. The number of aliphatic hydroxyl groups is 3. The Kier molecular flexibility index (Phi) is 9.07. The Morgan fingerprint density at radius 3 is 2.36 bits per heavy atom. The van der Waals surface area contributed by atoms with Gasteiger partial charge in [-0.15, -0.1) is 0 Å². The number of ketones is 1. The molecule has 3 N–H and O–H groups in total. The van der Waals surface area contributed by atoms with Crippen LogP contribution in [0.1, 0.15) is 92.4 Å². The van der Waals surface area contributed by atoms with E-state index >= 15 is 0 Å². The minimum atomic E-state index is -2.38. The number of hydrogen-bond donors (Lipinski definition) is 3. The highest BCUT2D eigenvalue weighted by molar-refractivity contribution is 6.05. The lowest BCUT2D eigenvalue weighted by Crippen LogP contribution is -2.76. The zero-order valence-electron chi connectivity index (χ0n) is 28.4. The number of hydrogen-bond acceptors (Lipinski definition) is 10. The number of ether oxygens (including phenoxy) is 5. The van der Waals surface area contributed by atoms with Crippen molar-refractivity contribution in [2.45, 2.75) is 145 Å². The largest absolute Gasteiger partial charge is 0.459 e. The second kappa shape index (κ2) is 12.3. The quantitative estimate of drug-likeness (QED) is 0.0811. The van der Waals surface area contributed by atoms with Crippen molar-refractivity contribution in [1.82, 2.24) is 0 Å². The molecule has 6 aliphatic rings. The molecule has 47 heavy (non-hydrogen) atoms. The molecule has 5 fully saturated rings. The summed E-state index contributed by atoms with van der Waals surface area (Å²) in [6.07, 6.45) is 15.5. The van der Waals surface area contributed by atoms with Crippen LogP contribution in [0.25, 0.3) is 0 Å². The van der Waals surface area contributed by atoms with Gasteiger partial charge in [0.05, 0.1) is 12.2 Å². The van der Waals surface area contributed by atoms with Crippen LogP contribution >= 0.6 is 0 Å². The molecule has 2 saturated carbocycles. The lowest BCUT2D eigenvalue weighted by atomic mass is 9.53. The lowest BCUT2D eigenvalue weighted by molar-refractivity contribution is -0.407. The summed E-state index contributed by atoms with van der Waals surface area (Å²) in [6.45, 7) is 12.3. The second-order valence-corrected chi connectivity index (χ2v) is 14.7. The van der Waals surface area contributed by atoms with Crippen LogP contribution in [0.2, 0.25) is 0 Å². The smallest absolute Gasteiger partial charge is 0.307 e. The van der Waals surface area contributed by atoms with Crippen LogP contribution in [0.3, 0.4) is 0 Å². The standard InChI is InChI=1S/C37H52O10/c1-7-8-9-10-11-12-13-14-15-16-17-18-19-34-45-31-27-30-33(21-38,44-30)32(41)35(42)26(20-23(4)28(35)40)37(27,47-34)24(5)29(43-25(6)39)36(31,46-34)22(2)3/h16-20,24,26-27,29-32,38,41-42H,2,7-15,21H2,1,3-6H3/b17-16+,19-18+/t24-,26-,27?,29-,30+,31+,32-,33+,34?,35-,36+,37+/m1/s1. The van der Waals surface area contributed by atoms with E-state index in [1.807, 2.05) is 13.0 Å². The van der Waals surface area contributed by atoms with Crippen LogP contribution < -0.4 is 0 Å². The molecule has 3 saturated heterocycles. The fourth-order valence-corrected chi connectivity index (χ4v) is 9.55. The van der Waals surface area contributed by atoms with Gasteiger partial charge in [-0.3, -0.25) is 9.59 Å². The third-order valence-corrected chi connectivity index (χ3v) is 11.8. The van der Waals surface area contributed by atoms with Crippen molar-refractivity contribution in [2.24, 2.45) is 17.8 Å². The molecule has 6 rings (SSSR count). The average Bonchev–Trinajstić information content (AvgIpc) is 3.66. The van der Waals surface area contributed by atoms with Crippen LogP contribution in [0.5, 0.6) is 0 Å². The number of aliphatic hydroxyl groups excluding tert-OH is 2. The van der Waals surface area contributed by atoms with E-state index in [1.165, 1.54) is 51.9 Å². The molecule has 0 spiro atoms. The molecule has 3 heterocycles. The number of carbonyl (C=O) groups is 2. The summed E-state index contributed by atoms with van der Waals surface area (Å²) in [4.78, 5) is 26.4. The van der Waals surface area contributed by atoms with Gasteiger partial charge in [0.2, 0.25) is 0 Å². The first-order chi connectivity index (χ1) is 22.3. The molecule has 0 aromatic heterocycles. The maximum Gasteiger partial charge on any atom is 0.307 e. The summed E-state index contributed by atoms with van der Waals surface area (Å²) in [6, 6.07) is 0. The Labute approximate surface area is 277 Å². The summed E-state index contributed by atoms with van der Waals surface area (Å²) in [5.41, 5.74) is -6.13. The van der Waals surface area contributed by atoms with Crippen LogP contribution in [0.15, 0.2) is 48.1 Å². The van der Waals surface area contributed by atoms with E-state index < -0.39 is 88.9 Å². The van der Waals surface area contributed by atoms with Crippen LogP contribution in [0, 0.1) is 17.8 Å². The molecule has 3 aliphatic heterocycles. The van der Waals surface area contributed by atoms with Gasteiger partial charge in [-0.05, 0) is 37.8 Å². The number of esters is 1. The van der Waals surface area contributed by atoms with E-state index in [2.05, 4.69) is 19.6 Å². The summed E-state index contributed by atoms with van der Waals surface area (Å²) in [5.74, 6) is -5.58. The molecular weight excluding hydrogens is 604 g/mol. The third-order valence-electron chi connectivity index (χ3n) is 11.8. The normalized spacial score (nSPS) is 45.9. The van der Waals surface area contributed by atoms with E-state index in [0.29, 0.717) is 5.57 Å². The second-order valence-electron chi connectivity index (χ2n) is 14.7. The molecule has 0 radical (unpaired) electrons. The lowest BCUT2D eigenvalue weighted by Gasteiger charge is -2.61. The number of allylic oxidation sites excluding steroid dienone is 3. The fourth-order valence-electron chi connectivity index (χ4n) is 9.55. The predicted octanol–water partition coefficient (Wildman–Crippen LogP) is 4.36. The van der Waals surface area contributed by atoms with Gasteiger partial charge in [-0.25, -0.2) is 0 Å². The molecule has 3 bridgehead atoms. The van der Waals surface area contributed by atoms with E-state index in [0.717, 1.165) is 12.8 Å². The van der Waals surface area contributed by atoms with Gasteiger partial charge >= 0.3 is 11.9 Å². The van der Waals surface area contributed by atoms with Crippen molar-refractivity contribution in [3.8, 4) is 0 Å². The molecule has 260 valence electrons. The van der Waals surface area contributed by atoms with Crippen LogP contribution in [-0.2, 0) is 33.3 Å². The maximum absolute atomic E-state index is 13.7. The van der Waals surface area contributed by atoms with Crippen molar-refractivity contribution >= 4 is 11.8 Å². The number of carbonyl (C=O) groups excluding carboxylic acids is 2. The number of fused-ring (bicyclic) bond motifs is 3. The SMILES string of the molecule is C=C(C)[C@@]12OC3(/C=C/C=C/CCCCCCCCCC)O[C@H]1C1[C@@H]4O[C@]4(CO)[C@@H](O)[C@]4(O)C(=O)C(C)=C[C@H]4[C@@]1(O3)[C@H](C)[C@H]2OC(C)=O. The maximum atomic E-state index is 13.7. The summed E-state index contributed by atoms with van der Waals surface area (Å²) >= 11 is 0. The number of rotatable bonds is 14. The zero-order valence-corrected chi connectivity index (χ0v) is 28.4. The van der Waals surface area contributed by atoms with Crippen LogP contribution in [-0.4, -0.2) is 86.5 Å². The van der Waals surface area contributed by atoms with E-state index in [-0.39, 0.29) is 5.57 Å². The molecule has 0 aromatic rings. The van der Waals surface area contributed by atoms with Gasteiger partial charge in [0.25, 0.3) is 0 Å². The highest BCUT2D eigenvalue weighted by Gasteiger charge is 2.90. The van der Waals surface area contributed by atoms with Crippen molar-refractivity contribution < 1.29 is 48.6 Å². The van der Waals surface area contributed by atoms with Crippen molar-refractivity contribution in [3.63, 3.8) is 0 Å². The number of unbranched alkanes of at least 4 members (excludes halogenated alkanes) is 8. The number of epoxide rings is 1. The summed E-state index contributed by atoms with van der Waals surface area (Å²) in [5, 5.41) is 34.6. The predicted molar refractivity (Wildman–Crippen MR) is 172 cm³/mol. The van der Waals surface area contributed by atoms with Gasteiger partial charge in [0, 0.05) is 30.8 Å². The van der Waals surface area contributed by atoms with Crippen molar-refractivity contribution in [3.05, 3.63) is 48.1 Å². The van der Waals surface area contributed by atoms with Gasteiger partial charge in [0.15, 0.2) is 17.0 Å². The molecule has 12 atom stereocenters. The molecular formula is C37H52O10. The minimum Gasteiger partial charge on any atom is -0.459 e. The Hall–Kier alpha value is -2.18. The highest BCUT2D eigenvalue weighted by atomic mass is 16.9. The summed E-state index contributed by atoms with van der Waals surface area (Å²) in [7, 11) is 0. The Balaban J connectivity index is 1.35. The van der Waals surface area contributed by atoms with Gasteiger partial charge < -0.3 is 39.0 Å². The average molecular weight is 657 g/mol. The van der Waals surface area contributed by atoms with E-state index in [1.54, 1.807) is 32.1 Å². The number of Topliss-reactive ketones (excluding diaryl/α,β-unsaturated/α-hetero) is 1. The van der Waals surface area contributed by atoms with Gasteiger partial charge in [-0.1, -0.05) is 89.7 Å². The highest BCUT2D eigenvalue weighted by Crippen LogP contribution is 2.73. The summed E-state index contributed by atoms with van der Waals surface area (Å²) < 4.78 is 32.6. The van der Waals surface area contributed by atoms with Crippen molar-refractivity contribution in [1.29, 1.82) is 0 Å². The van der Waals surface area contributed by atoms with Crippen molar-refractivity contribution in [2.75, 3.05) is 6.61 Å². The topological polar surface area (TPSA) is 144 Å². The van der Waals surface area contributed by atoms with Gasteiger partial charge in [-0.2, -0.15) is 0 Å². The zero-order chi connectivity index (χ0) is 34.0. The molecule has 10 nitrogen and oxygen atoms in total. The molecule has 0 amide bonds. The van der Waals surface area contributed by atoms with Gasteiger partial charge in [0.1, 0.15) is 30.0 Å². The monoisotopic (exact) mass is 656 g/mol. The first-order valence-electron chi connectivity index (χ1n) is 17.5. The molecule has 2 unspecified atom stereocenters. The third kappa shape index (κ3) is 4.84. The molecule has 10 heteroatoms. The Morgan fingerprint density at radius 1 is 1.04 bits per heavy atom. The molecule has 3 aliphatic carbocycles. The molecule has 0 aromatic carbocycles.